The molecule has 1 aliphatic rings. The van der Waals surface area contributed by atoms with E-state index in [1.807, 2.05) is 30.3 Å². The Hall–Kier alpha value is -2.52. The zero-order chi connectivity index (χ0) is 20.3. The third-order valence-electron chi connectivity index (χ3n) is 5.22. The number of nitrogens with zero attached hydrogens (tertiary/aromatic N) is 4. The lowest BCUT2D eigenvalue weighted by atomic mass is 10.0. The highest BCUT2D eigenvalue weighted by atomic mass is 32.2. The van der Waals surface area contributed by atoms with Crippen LogP contribution in [0.3, 0.4) is 0 Å². The molecule has 0 spiro atoms. The van der Waals surface area contributed by atoms with Crippen LogP contribution in [-0.4, -0.2) is 40.4 Å². The van der Waals surface area contributed by atoms with Crippen LogP contribution in [0.2, 0.25) is 0 Å². The van der Waals surface area contributed by atoms with Gasteiger partial charge in [0.15, 0.2) is 9.84 Å². The quantitative estimate of drug-likeness (QED) is 0.632. The molecule has 0 unspecified atom stereocenters. The van der Waals surface area contributed by atoms with Crippen molar-refractivity contribution in [2.45, 2.75) is 49.7 Å². The summed E-state index contributed by atoms with van der Waals surface area (Å²) in [4.78, 5) is 8.54. The Morgan fingerprint density at radius 3 is 2.83 bits per heavy atom. The fourth-order valence-electron chi connectivity index (χ4n) is 3.83. The SMILES string of the molecule is COCc1cc(Nc2cccc(CS(=O)(=O)C3CCCCC3)c2)n2ncnc2n1. The molecule has 0 aliphatic heterocycles. The van der Waals surface area contributed by atoms with Gasteiger partial charge in [0.1, 0.15) is 12.1 Å². The molecule has 0 saturated heterocycles. The highest BCUT2D eigenvalue weighted by Gasteiger charge is 2.27. The Morgan fingerprint density at radius 1 is 1.21 bits per heavy atom. The van der Waals surface area contributed by atoms with E-state index < -0.39 is 9.84 Å². The molecule has 29 heavy (non-hydrogen) atoms. The first-order chi connectivity index (χ1) is 14.0. The molecule has 8 nitrogen and oxygen atoms in total. The van der Waals surface area contributed by atoms with E-state index in [0.717, 1.165) is 49.0 Å². The topological polar surface area (TPSA) is 98.5 Å². The maximum Gasteiger partial charge on any atom is 0.254 e. The van der Waals surface area contributed by atoms with Gasteiger partial charge in [-0.25, -0.2) is 13.4 Å². The predicted octanol–water partition coefficient (Wildman–Crippen LogP) is 3.26. The van der Waals surface area contributed by atoms with Gasteiger partial charge in [-0.3, -0.25) is 0 Å². The standard InChI is InChI=1S/C20H25N5O3S/c1-28-12-17-11-19(25-20(24-17)21-14-22-25)23-16-7-5-6-15(10-16)13-29(26,27)18-8-3-2-4-9-18/h5-7,10-11,14,18,23H,2-4,8-9,12-13H2,1H3. The zero-order valence-electron chi connectivity index (χ0n) is 16.4. The molecule has 2 aromatic heterocycles. The molecule has 154 valence electrons. The monoisotopic (exact) mass is 415 g/mol. The van der Waals surface area contributed by atoms with E-state index >= 15 is 0 Å². The van der Waals surface area contributed by atoms with Gasteiger partial charge in [-0.2, -0.15) is 14.6 Å². The first kappa shape index (κ1) is 19.8. The predicted molar refractivity (Wildman–Crippen MR) is 111 cm³/mol. The summed E-state index contributed by atoms with van der Waals surface area (Å²) in [5.74, 6) is 1.22. The second kappa shape index (κ2) is 8.46. The van der Waals surface area contributed by atoms with Crippen molar-refractivity contribution in [1.29, 1.82) is 0 Å². The maximum absolute atomic E-state index is 12.8. The van der Waals surface area contributed by atoms with Crippen molar-refractivity contribution in [1.82, 2.24) is 19.6 Å². The molecule has 0 amide bonds. The van der Waals surface area contributed by atoms with Gasteiger partial charge in [0.25, 0.3) is 5.78 Å². The van der Waals surface area contributed by atoms with Crippen LogP contribution in [0.5, 0.6) is 0 Å². The Labute approximate surface area is 170 Å². The number of methoxy groups -OCH3 is 1. The summed E-state index contributed by atoms with van der Waals surface area (Å²) in [6, 6.07) is 9.34. The molecule has 1 saturated carbocycles. The van der Waals surface area contributed by atoms with Crippen LogP contribution < -0.4 is 5.32 Å². The second-order valence-corrected chi connectivity index (χ2v) is 9.71. The number of nitrogens with one attached hydrogen (secondary N) is 1. The molecular formula is C20H25N5O3S. The van der Waals surface area contributed by atoms with Crippen LogP contribution in [0.15, 0.2) is 36.7 Å². The van der Waals surface area contributed by atoms with Gasteiger partial charge in [0.2, 0.25) is 0 Å². The minimum atomic E-state index is -3.15. The maximum atomic E-state index is 12.8. The Balaban J connectivity index is 1.56. The van der Waals surface area contributed by atoms with Crippen molar-refractivity contribution < 1.29 is 13.2 Å². The molecular weight excluding hydrogens is 390 g/mol. The summed E-state index contributed by atoms with van der Waals surface area (Å²) in [5.41, 5.74) is 2.29. The number of sulfone groups is 1. The molecule has 4 rings (SSSR count). The minimum Gasteiger partial charge on any atom is -0.378 e. The summed E-state index contributed by atoms with van der Waals surface area (Å²) in [7, 11) is -1.54. The largest absolute Gasteiger partial charge is 0.378 e. The highest BCUT2D eigenvalue weighted by molar-refractivity contribution is 7.91. The zero-order valence-corrected chi connectivity index (χ0v) is 17.2. The van der Waals surface area contributed by atoms with Crippen molar-refractivity contribution in [3.05, 3.63) is 47.9 Å². The third kappa shape index (κ3) is 4.56. The number of ether oxygens (including phenoxy) is 1. The van der Waals surface area contributed by atoms with Gasteiger partial charge in [0.05, 0.1) is 23.3 Å². The number of rotatable bonds is 7. The van der Waals surface area contributed by atoms with Crippen molar-refractivity contribution in [3.63, 3.8) is 0 Å². The van der Waals surface area contributed by atoms with E-state index in [1.165, 1.54) is 6.33 Å². The lowest BCUT2D eigenvalue weighted by Gasteiger charge is -2.21. The van der Waals surface area contributed by atoms with E-state index in [4.69, 9.17) is 4.74 Å². The van der Waals surface area contributed by atoms with Crippen molar-refractivity contribution in [2.75, 3.05) is 12.4 Å². The van der Waals surface area contributed by atoms with E-state index in [9.17, 15) is 8.42 Å². The van der Waals surface area contributed by atoms with Gasteiger partial charge in [-0.05, 0) is 30.5 Å². The summed E-state index contributed by atoms with van der Waals surface area (Å²) in [6.45, 7) is 0.359. The fraction of sp³-hybridized carbons (Fsp3) is 0.450. The number of benzene rings is 1. The van der Waals surface area contributed by atoms with E-state index in [1.54, 1.807) is 11.6 Å². The molecule has 1 aromatic carbocycles. The molecule has 0 bridgehead atoms. The van der Waals surface area contributed by atoms with E-state index in [-0.39, 0.29) is 11.0 Å². The van der Waals surface area contributed by atoms with Gasteiger partial charge in [0, 0.05) is 18.9 Å². The van der Waals surface area contributed by atoms with Crippen LogP contribution in [0.25, 0.3) is 5.78 Å². The first-order valence-electron chi connectivity index (χ1n) is 9.81. The molecule has 1 aliphatic carbocycles. The van der Waals surface area contributed by atoms with Crippen molar-refractivity contribution in [3.8, 4) is 0 Å². The second-order valence-electron chi connectivity index (χ2n) is 7.43. The first-order valence-corrected chi connectivity index (χ1v) is 11.5. The molecule has 3 aromatic rings. The van der Waals surface area contributed by atoms with E-state index in [0.29, 0.717) is 18.2 Å². The molecule has 1 N–H and O–H groups in total. The average molecular weight is 416 g/mol. The lowest BCUT2D eigenvalue weighted by Crippen LogP contribution is -2.25. The molecule has 9 heteroatoms. The summed E-state index contributed by atoms with van der Waals surface area (Å²) in [5, 5.41) is 7.30. The Morgan fingerprint density at radius 2 is 2.03 bits per heavy atom. The Bertz CT molecular complexity index is 1090. The van der Waals surface area contributed by atoms with Gasteiger partial charge in [-0.15, -0.1) is 0 Å². The number of hydrogen-bond donors (Lipinski definition) is 1. The molecule has 0 radical (unpaired) electrons. The number of anilines is 2. The normalized spacial score (nSPS) is 15.6. The number of fused-ring (bicyclic) bond motifs is 1. The molecule has 1 fully saturated rings. The van der Waals surface area contributed by atoms with Crippen LogP contribution in [-0.2, 0) is 26.9 Å². The van der Waals surface area contributed by atoms with Gasteiger partial charge >= 0.3 is 0 Å². The summed E-state index contributed by atoms with van der Waals surface area (Å²) < 4.78 is 32.4. The minimum absolute atomic E-state index is 0.0667. The lowest BCUT2D eigenvalue weighted by molar-refractivity contribution is 0.181. The third-order valence-corrected chi connectivity index (χ3v) is 7.45. The van der Waals surface area contributed by atoms with Crippen LogP contribution >= 0.6 is 0 Å². The number of hydrogen-bond acceptors (Lipinski definition) is 7. The molecule has 0 atom stereocenters. The van der Waals surface area contributed by atoms with Gasteiger partial charge < -0.3 is 10.1 Å². The van der Waals surface area contributed by atoms with Crippen LogP contribution in [0.1, 0.15) is 43.4 Å². The van der Waals surface area contributed by atoms with Crippen molar-refractivity contribution >= 4 is 27.1 Å². The van der Waals surface area contributed by atoms with Gasteiger partial charge in [-0.1, -0.05) is 31.4 Å². The van der Waals surface area contributed by atoms with Crippen LogP contribution in [0, 0.1) is 0 Å². The average Bonchev–Trinajstić information content (AvgIpc) is 3.18. The highest BCUT2D eigenvalue weighted by Crippen LogP contribution is 2.27. The number of aromatic nitrogens is 4. The summed E-state index contributed by atoms with van der Waals surface area (Å²) >= 11 is 0. The van der Waals surface area contributed by atoms with Crippen molar-refractivity contribution in [2.24, 2.45) is 0 Å². The Kier molecular flexibility index (Phi) is 5.77. The molecule has 2 heterocycles. The fourth-order valence-corrected chi connectivity index (χ4v) is 5.76. The van der Waals surface area contributed by atoms with E-state index in [2.05, 4.69) is 20.4 Å². The smallest absolute Gasteiger partial charge is 0.254 e. The summed E-state index contributed by atoms with van der Waals surface area (Å²) in [6.07, 6.45) is 6.15. The van der Waals surface area contributed by atoms with Crippen LogP contribution in [0.4, 0.5) is 11.5 Å².